The lowest BCUT2D eigenvalue weighted by molar-refractivity contribution is 0.846. The topological polar surface area (TPSA) is 67.5 Å². The molecule has 3 aromatic heterocycles. The van der Waals surface area contributed by atoms with Crippen LogP contribution in [0.4, 0.5) is 5.13 Å². The first-order chi connectivity index (χ1) is 14.3. The number of para-hydroxylation sites is 1. The monoisotopic (exact) mass is 418 g/mol. The summed E-state index contributed by atoms with van der Waals surface area (Å²) in [6.07, 6.45) is 3.80. The molecule has 2 aromatic carbocycles. The Morgan fingerprint density at radius 1 is 1.03 bits per heavy atom. The van der Waals surface area contributed by atoms with Crippen LogP contribution in [-0.4, -0.2) is 25.8 Å². The first-order valence-corrected chi connectivity index (χ1v) is 11.0. The molecule has 6 nitrogen and oxygen atoms in total. The molecule has 0 saturated carbocycles. The van der Waals surface area contributed by atoms with Gasteiger partial charge in [0.05, 0.1) is 16.4 Å². The van der Waals surface area contributed by atoms with Crippen LogP contribution in [0.25, 0.3) is 26.4 Å². The number of aromatic nitrogens is 4. The Labute approximate surface area is 175 Å². The number of hydrogen-bond acceptors (Lipinski definition) is 7. The molecule has 144 valence electrons. The van der Waals surface area contributed by atoms with Crippen molar-refractivity contribution < 1.29 is 0 Å². The molecule has 0 amide bonds. The highest BCUT2D eigenvalue weighted by Crippen LogP contribution is 2.27. The molecule has 0 saturated heterocycles. The van der Waals surface area contributed by atoms with E-state index in [1.807, 2.05) is 40.9 Å². The first-order valence-electron chi connectivity index (χ1n) is 9.40. The van der Waals surface area contributed by atoms with Crippen LogP contribution in [-0.2, 0) is 6.42 Å². The van der Waals surface area contributed by atoms with E-state index in [1.165, 1.54) is 0 Å². The average molecular weight is 419 g/mol. The van der Waals surface area contributed by atoms with E-state index >= 15 is 0 Å². The SMILES string of the molecule is CCCc1nn2c(/C=N\Nc3nc4ccccc4s3)c(-c3ccccc3)nc2s1. The Morgan fingerprint density at radius 3 is 2.69 bits per heavy atom. The molecular formula is C21H18N6S2. The van der Waals surface area contributed by atoms with E-state index in [0.29, 0.717) is 0 Å². The van der Waals surface area contributed by atoms with Gasteiger partial charge in [0, 0.05) is 12.0 Å². The number of nitrogens with zero attached hydrogens (tertiary/aromatic N) is 5. The number of hydrazone groups is 1. The first kappa shape index (κ1) is 18.0. The van der Waals surface area contributed by atoms with Gasteiger partial charge in [0.1, 0.15) is 16.4 Å². The highest BCUT2D eigenvalue weighted by Gasteiger charge is 2.16. The molecule has 29 heavy (non-hydrogen) atoms. The van der Waals surface area contributed by atoms with E-state index in [0.717, 1.165) is 55.1 Å². The van der Waals surface area contributed by atoms with E-state index in [2.05, 4.69) is 40.6 Å². The van der Waals surface area contributed by atoms with Crippen molar-refractivity contribution in [3.05, 3.63) is 65.3 Å². The van der Waals surface area contributed by atoms with Crippen molar-refractivity contribution in [2.75, 3.05) is 5.43 Å². The molecule has 0 atom stereocenters. The molecule has 1 N–H and O–H groups in total. The van der Waals surface area contributed by atoms with Crippen molar-refractivity contribution in [2.24, 2.45) is 5.10 Å². The van der Waals surface area contributed by atoms with Gasteiger partial charge in [-0.3, -0.25) is 5.43 Å². The number of rotatable bonds is 6. The number of fused-ring (bicyclic) bond motifs is 2. The molecule has 0 aliphatic rings. The van der Waals surface area contributed by atoms with Crippen molar-refractivity contribution in [1.29, 1.82) is 0 Å². The predicted octanol–water partition coefficient (Wildman–Crippen LogP) is 5.47. The second-order valence-electron chi connectivity index (χ2n) is 6.51. The zero-order valence-electron chi connectivity index (χ0n) is 15.7. The molecule has 5 rings (SSSR count). The van der Waals surface area contributed by atoms with Crippen molar-refractivity contribution in [2.45, 2.75) is 19.8 Å². The number of nitrogens with one attached hydrogen (secondary N) is 1. The Hall–Kier alpha value is -3.10. The van der Waals surface area contributed by atoms with E-state index in [9.17, 15) is 0 Å². The summed E-state index contributed by atoms with van der Waals surface area (Å²) in [4.78, 5) is 10.3. The van der Waals surface area contributed by atoms with Crippen molar-refractivity contribution in [3.8, 4) is 11.3 Å². The summed E-state index contributed by atoms with van der Waals surface area (Å²) in [5.41, 5.74) is 6.81. The van der Waals surface area contributed by atoms with E-state index < -0.39 is 0 Å². The van der Waals surface area contributed by atoms with Crippen LogP contribution >= 0.6 is 22.7 Å². The summed E-state index contributed by atoms with van der Waals surface area (Å²) in [5, 5.41) is 11.0. The second kappa shape index (κ2) is 7.73. The van der Waals surface area contributed by atoms with Crippen LogP contribution in [0, 0.1) is 0 Å². The van der Waals surface area contributed by atoms with E-state index in [-0.39, 0.29) is 0 Å². The fourth-order valence-corrected chi connectivity index (χ4v) is 4.93. The number of thiazole rings is 1. The summed E-state index contributed by atoms with van der Waals surface area (Å²) in [5.74, 6) is 0. The molecule has 0 spiro atoms. The molecule has 0 bridgehead atoms. The van der Waals surface area contributed by atoms with Gasteiger partial charge in [-0.2, -0.15) is 10.2 Å². The minimum atomic E-state index is 0.759. The van der Waals surface area contributed by atoms with Gasteiger partial charge in [0.2, 0.25) is 10.1 Å². The molecule has 5 aromatic rings. The van der Waals surface area contributed by atoms with Crippen molar-refractivity contribution in [1.82, 2.24) is 19.6 Å². The van der Waals surface area contributed by atoms with Gasteiger partial charge in [0.15, 0.2) is 0 Å². The van der Waals surface area contributed by atoms with Crippen molar-refractivity contribution in [3.63, 3.8) is 0 Å². The van der Waals surface area contributed by atoms with Crippen LogP contribution in [0.1, 0.15) is 24.0 Å². The summed E-state index contributed by atoms with van der Waals surface area (Å²) in [7, 11) is 0. The minimum Gasteiger partial charge on any atom is -0.253 e. The lowest BCUT2D eigenvalue weighted by Crippen LogP contribution is -1.98. The maximum atomic E-state index is 4.83. The Balaban J connectivity index is 1.51. The zero-order valence-corrected chi connectivity index (χ0v) is 17.4. The lowest BCUT2D eigenvalue weighted by Gasteiger charge is -1.99. The predicted molar refractivity (Wildman–Crippen MR) is 121 cm³/mol. The van der Waals surface area contributed by atoms with Gasteiger partial charge < -0.3 is 0 Å². The Kier molecular flexibility index (Phi) is 4.79. The van der Waals surface area contributed by atoms with Gasteiger partial charge >= 0.3 is 0 Å². The zero-order chi connectivity index (χ0) is 19.6. The average Bonchev–Trinajstić information content (AvgIpc) is 3.42. The molecule has 0 fully saturated rings. The Bertz CT molecular complexity index is 1270. The summed E-state index contributed by atoms with van der Waals surface area (Å²) in [6.45, 7) is 2.16. The normalized spacial score (nSPS) is 11.8. The summed E-state index contributed by atoms with van der Waals surface area (Å²) < 4.78 is 3.02. The van der Waals surface area contributed by atoms with Gasteiger partial charge in [-0.25, -0.2) is 14.5 Å². The van der Waals surface area contributed by atoms with E-state index in [4.69, 9.17) is 10.1 Å². The number of benzene rings is 2. The van der Waals surface area contributed by atoms with Crippen molar-refractivity contribution >= 4 is 49.2 Å². The molecule has 0 aliphatic carbocycles. The van der Waals surface area contributed by atoms with Gasteiger partial charge in [-0.05, 0) is 18.6 Å². The van der Waals surface area contributed by atoms with Crippen LogP contribution in [0.3, 0.4) is 0 Å². The summed E-state index contributed by atoms with van der Waals surface area (Å²) in [6, 6.07) is 18.2. The maximum Gasteiger partial charge on any atom is 0.213 e. The van der Waals surface area contributed by atoms with Crippen LogP contribution in [0.15, 0.2) is 59.7 Å². The molecule has 8 heteroatoms. The minimum absolute atomic E-state index is 0.759. The van der Waals surface area contributed by atoms with Gasteiger partial charge in [-0.1, -0.05) is 72.1 Å². The number of hydrogen-bond donors (Lipinski definition) is 1. The molecule has 3 heterocycles. The molecule has 0 unspecified atom stereocenters. The molecule has 0 radical (unpaired) electrons. The van der Waals surface area contributed by atoms with Crippen LogP contribution in [0.2, 0.25) is 0 Å². The van der Waals surface area contributed by atoms with Crippen LogP contribution < -0.4 is 5.43 Å². The number of anilines is 1. The maximum absolute atomic E-state index is 4.83. The molecule has 0 aliphatic heterocycles. The van der Waals surface area contributed by atoms with Crippen LogP contribution in [0.5, 0.6) is 0 Å². The largest absolute Gasteiger partial charge is 0.253 e. The number of aryl methyl sites for hydroxylation is 1. The van der Waals surface area contributed by atoms with Gasteiger partial charge in [-0.15, -0.1) is 0 Å². The summed E-state index contributed by atoms with van der Waals surface area (Å²) >= 11 is 3.21. The smallest absolute Gasteiger partial charge is 0.213 e. The Morgan fingerprint density at radius 2 is 1.86 bits per heavy atom. The van der Waals surface area contributed by atoms with E-state index in [1.54, 1.807) is 28.9 Å². The standard InChI is InChI=1S/C21H18N6S2/c1-2-8-18-26-27-16(19(24-21(27)29-18)14-9-4-3-5-10-14)13-22-25-20-23-15-11-6-7-12-17(15)28-20/h3-7,9-13H,2,8H2,1H3,(H,23,25)/b22-13-. The highest BCUT2D eigenvalue weighted by atomic mass is 32.1. The second-order valence-corrected chi connectivity index (χ2v) is 8.58. The fraction of sp³-hybridized carbons (Fsp3) is 0.143. The lowest BCUT2D eigenvalue weighted by atomic mass is 10.1. The number of imidazole rings is 1. The third-order valence-electron chi connectivity index (χ3n) is 4.43. The third-order valence-corrected chi connectivity index (χ3v) is 6.34. The third kappa shape index (κ3) is 3.52. The highest BCUT2D eigenvalue weighted by molar-refractivity contribution is 7.22. The fourth-order valence-electron chi connectivity index (χ4n) is 3.11. The molecular weight excluding hydrogens is 400 g/mol. The quantitative estimate of drug-likeness (QED) is 0.293. The van der Waals surface area contributed by atoms with Gasteiger partial charge in [0.25, 0.3) is 0 Å².